The van der Waals surface area contributed by atoms with Gasteiger partial charge in [0.1, 0.15) is 5.82 Å². The zero-order valence-corrected chi connectivity index (χ0v) is 7.44. The summed E-state index contributed by atoms with van der Waals surface area (Å²) >= 11 is 5.34. The van der Waals surface area contributed by atoms with Crippen molar-refractivity contribution in [2.75, 3.05) is 5.88 Å². The lowest BCUT2D eigenvalue weighted by Crippen LogP contribution is -1.88. The number of halogens is 2. The Kier molecular flexibility index (Phi) is 3.48. The van der Waals surface area contributed by atoms with Gasteiger partial charge in [-0.25, -0.2) is 4.39 Å². The molecular weight excluding hydrogens is 191 g/mol. The molecule has 0 saturated heterocycles. The lowest BCUT2D eigenvalue weighted by atomic mass is 10.1. The topological polar surface area (TPSA) is 17.1 Å². The normalized spacial score (nSPS) is 8.77. The molecule has 1 aromatic carbocycles. The fraction of sp³-hybridized carbons (Fsp3) is 0.100. The summed E-state index contributed by atoms with van der Waals surface area (Å²) < 4.78 is 12.8. The fourth-order valence-electron chi connectivity index (χ4n) is 0.847. The van der Waals surface area contributed by atoms with Crippen molar-refractivity contribution in [1.82, 2.24) is 0 Å². The molecule has 13 heavy (non-hydrogen) atoms. The summed E-state index contributed by atoms with van der Waals surface area (Å²) in [5.41, 5.74) is 0.602. The Hall–Kier alpha value is -1.33. The van der Waals surface area contributed by atoms with Crippen molar-refractivity contribution in [3.05, 3.63) is 35.1 Å². The van der Waals surface area contributed by atoms with E-state index in [1.54, 1.807) is 0 Å². The van der Waals surface area contributed by atoms with E-state index in [0.717, 1.165) is 0 Å². The van der Waals surface area contributed by atoms with Crippen molar-refractivity contribution in [3.63, 3.8) is 0 Å². The van der Waals surface area contributed by atoms with Gasteiger partial charge in [-0.2, -0.15) is 0 Å². The summed E-state index contributed by atoms with van der Waals surface area (Å²) in [6.07, 6.45) is 0.460. The highest BCUT2D eigenvalue weighted by Crippen LogP contribution is 2.07. The zero-order chi connectivity index (χ0) is 9.68. The molecule has 0 radical (unpaired) electrons. The molecule has 0 heterocycles. The summed E-state index contributed by atoms with van der Waals surface area (Å²) in [7, 11) is 0. The number of carbonyl (C=O) groups is 1. The van der Waals surface area contributed by atoms with Crippen molar-refractivity contribution < 1.29 is 9.18 Å². The molecule has 0 aliphatic rings. The van der Waals surface area contributed by atoms with Crippen LogP contribution in [0.2, 0.25) is 0 Å². The van der Waals surface area contributed by atoms with E-state index >= 15 is 0 Å². The van der Waals surface area contributed by atoms with Gasteiger partial charge in [-0.1, -0.05) is 11.8 Å². The molecule has 0 amide bonds. The summed E-state index contributed by atoms with van der Waals surface area (Å²) in [6.45, 7) is 0. The van der Waals surface area contributed by atoms with Crippen LogP contribution in [0.15, 0.2) is 18.2 Å². The number of carbonyl (C=O) groups excluding carboxylic acids is 1. The highest BCUT2D eigenvalue weighted by atomic mass is 35.5. The number of alkyl halides is 1. The van der Waals surface area contributed by atoms with Crippen LogP contribution in [0.1, 0.15) is 15.9 Å². The SMILES string of the molecule is O=Cc1cc(C#CCCl)ccc1F. The standard InChI is InChI=1S/C10H6ClFO/c11-5-1-2-8-3-4-10(12)9(6-8)7-13/h3-4,6-7H,5H2. The van der Waals surface area contributed by atoms with E-state index in [-0.39, 0.29) is 11.4 Å². The smallest absolute Gasteiger partial charge is 0.153 e. The van der Waals surface area contributed by atoms with Crippen LogP contribution in [0.25, 0.3) is 0 Å². The van der Waals surface area contributed by atoms with E-state index in [9.17, 15) is 9.18 Å². The lowest BCUT2D eigenvalue weighted by Gasteiger charge is -1.94. The van der Waals surface area contributed by atoms with Crippen LogP contribution in [-0.4, -0.2) is 12.2 Å². The molecule has 0 spiro atoms. The molecular formula is C10H6ClFO. The van der Waals surface area contributed by atoms with Gasteiger partial charge in [0.2, 0.25) is 0 Å². The van der Waals surface area contributed by atoms with E-state index in [4.69, 9.17) is 11.6 Å². The van der Waals surface area contributed by atoms with E-state index in [1.165, 1.54) is 18.2 Å². The van der Waals surface area contributed by atoms with Crippen LogP contribution in [0.4, 0.5) is 4.39 Å². The largest absolute Gasteiger partial charge is 0.298 e. The third-order valence-corrected chi connectivity index (χ3v) is 1.56. The number of aldehydes is 1. The van der Waals surface area contributed by atoms with Gasteiger partial charge in [0.25, 0.3) is 0 Å². The van der Waals surface area contributed by atoms with Crippen LogP contribution in [0, 0.1) is 17.7 Å². The molecule has 1 rings (SSSR count). The molecule has 3 heteroatoms. The summed E-state index contributed by atoms with van der Waals surface area (Å²) in [4.78, 5) is 10.3. The van der Waals surface area contributed by atoms with Gasteiger partial charge in [0.05, 0.1) is 11.4 Å². The maximum absolute atomic E-state index is 12.8. The summed E-state index contributed by atoms with van der Waals surface area (Å²) in [5, 5.41) is 0. The molecule has 0 fully saturated rings. The van der Waals surface area contributed by atoms with E-state index < -0.39 is 5.82 Å². The van der Waals surface area contributed by atoms with Crippen LogP contribution in [0.3, 0.4) is 0 Å². The van der Waals surface area contributed by atoms with Crippen molar-refractivity contribution in [2.24, 2.45) is 0 Å². The first kappa shape index (κ1) is 9.76. The number of hydrogen-bond acceptors (Lipinski definition) is 1. The van der Waals surface area contributed by atoms with E-state index in [0.29, 0.717) is 11.8 Å². The Balaban J connectivity index is 3.06. The Morgan fingerprint density at radius 3 is 2.92 bits per heavy atom. The van der Waals surface area contributed by atoms with E-state index in [2.05, 4.69) is 11.8 Å². The highest BCUT2D eigenvalue weighted by molar-refractivity contribution is 6.19. The van der Waals surface area contributed by atoms with Gasteiger partial charge < -0.3 is 0 Å². The molecule has 66 valence electrons. The first-order valence-electron chi connectivity index (χ1n) is 3.57. The van der Waals surface area contributed by atoms with Crippen molar-refractivity contribution in [3.8, 4) is 11.8 Å². The Bertz CT molecular complexity index is 376. The average Bonchev–Trinajstić information content (AvgIpc) is 2.16. The summed E-state index contributed by atoms with van der Waals surface area (Å²) in [5.74, 6) is 4.98. The van der Waals surface area contributed by atoms with Gasteiger partial charge >= 0.3 is 0 Å². The lowest BCUT2D eigenvalue weighted by molar-refractivity contribution is 0.112. The Labute approximate surface area is 80.5 Å². The molecule has 0 bridgehead atoms. The van der Waals surface area contributed by atoms with Crippen molar-refractivity contribution in [2.45, 2.75) is 0 Å². The van der Waals surface area contributed by atoms with Gasteiger partial charge in [-0.15, -0.1) is 11.6 Å². The van der Waals surface area contributed by atoms with Gasteiger partial charge in [0.15, 0.2) is 6.29 Å². The number of hydrogen-bond donors (Lipinski definition) is 0. The van der Waals surface area contributed by atoms with Gasteiger partial charge in [-0.05, 0) is 18.2 Å². The minimum absolute atomic E-state index is 0.0152. The Morgan fingerprint density at radius 1 is 1.54 bits per heavy atom. The zero-order valence-electron chi connectivity index (χ0n) is 6.68. The monoisotopic (exact) mass is 196 g/mol. The third-order valence-electron chi connectivity index (χ3n) is 1.42. The maximum atomic E-state index is 12.8. The van der Waals surface area contributed by atoms with E-state index in [1.807, 2.05) is 0 Å². The molecule has 0 saturated carbocycles. The van der Waals surface area contributed by atoms with Crippen molar-refractivity contribution in [1.29, 1.82) is 0 Å². The van der Waals surface area contributed by atoms with Gasteiger partial charge in [0, 0.05) is 5.56 Å². The fourth-order valence-corrected chi connectivity index (χ4v) is 0.914. The Morgan fingerprint density at radius 2 is 2.31 bits per heavy atom. The second-order valence-corrected chi connectivity index (χ2v) is 2.56. The molecule has 0 aromatic heterocycles. The first-order chi connectivity index (χ1) is 6.27. The summed E-state index contributed by atoms with van der Waals surface area (Å²) in [6, 6.07) is 4.10. The third kappa shape index (κ3) is 2.57. The van der Waals surface area contributed by atoms with Crippen LogP contribution >= 0.6 is 11.6 Å². The molecule has 0 N–H and O–H groups in total. The number of rotatable bonds is 1. The second-order valence-electron chi connectivity index (χ2n) is 2.29. The van der Waals surface area contributed by atoms with Crippen molar-refractivity contribution >= 4 is 17.9 Å². The molecule has 1 nitrogen and oxygen atoms in total. The molecule has 0 aliphatic carbocycles. The molecule has 1 aromatic rings. The quantitative estimate of drug-likeness (QED) is 0.383. The minimum Gasteiger partial charge on any atom is -0.298 e. The van der Waals surface area contributed by atoms with Crippen LogP contribution < -0.4 is 0 Å². The molecule has 0 unspecified atom stereocenters. The van der Waals surface area contributed by atoms with Crippen LogP contribution in [-0.2, 0) is 0 Å². The predicted molar refractivity (Wildman–Crippen MR) is 49.4 cm³/mol. The molecule has 0 atom stereocenters. The number of benzene rings is 1. The first-order valence-corrected chi connectivity index (χ1v) is 4.11. The van der Waals surface area contributed by atoms with Crippen LogP contribution in [0.5, 0.6) is 0 Å². The minimum atomic E-state index is -0.536. The average molecular weight is 197 g/mol. The van der Waals surface area contributed by atoms with Gasteiger partial charge in [-0.3, -0.25) is 4.79 Å². The molecule has 0 aliphatic heterocycles. The maximum Gasteiger partial charge on any atom is 0.153 e. The highest BCUT2D eigenvalue weighted by Gasteiger charge is 1.99. The predicted octanol–water partition coefficient (Wildman–Crippen LogP) is 2.23. The second kappa shape index (κ2) is 4.64.